The van der Waals surface area contributed by atoms with E-state index in [4.69, 9.17) is 11.6 Å². The van der Waals surface area contributed by atoms with Gasteiger partial charge in [-0.2, -0.15) is 5.10 Å². The van der Waals surface area contributed by atoms with Gasteiger partial charge in [-0.05, 0) is 31.5 Å². The van der Waals surface area contributed by atoms with Gasteiger partial charge in [0.15, 0.2) is 0 Å². The second-order valence-corrected chi connectivity index (χ2v) is 6.75. The van der Waals surface area contributed by atoms with Crippen molar-refractivity contribution in [1.82, 2.24) is 15.5 Å². The quantitative estimate of drug-likeness (QED) is 0.860. The molecular weight excluding hydrogens is 340 g/mol. The van der Waals surface area contributed by atoms with Gasteiger partial charge in [0, 0.05) is 31.5 Å². The van der Waals surface area contributed by atoms with E-state index < -0.39 is 0 Å². The zero-order valence-corrected chi connectivity index (χ0v) is 15.1. The Morgan fingerprint density at radius 2 is 2.16 bits per heavy atom. The van der Waals surface area contributed by atoms with Crippen molar-refractivity contribution in [1.29, 1.82) is 0 Å². The van der Waals surface area contributed by atoms with E-state index in [0.29, 0.717) is 30.1 Å². The van der Waals surface area contributed by atoms with Crippen LogP contribution in [0.3, 0.4) is 0 Å². The molecule has 1 aromatic carbocycles. The summed E-state index contributed by atoms with van der Waals surface area (Å²) in [4.78, 5) is 26.1. The molecule has 1 aliphatic heterocycles. The Labute approximate surface area is 151 Å². The Kier molecular flexibility index (Phi) is 5.08. The molecule has 6 nitrogen and oxygen atoms in total. The summed E-state index contributed by atoms with van der Waals surface area (Å²) >= 11 is 6.17. The summed E-state index contributed by atoms with van der Waals surface area (Å²) in [5.74, 6) is -0.101. The molecule has 0 bridgehead atoms. The molecule has 2 heterocycles. The summed E-state index contributed by atoms with van der Waals surface area (Å²) < 4.78 is 0. The third-order valence-electron chi connectivity index (χ3n) is 4.58. The fourth-order valence-corrected chi connectivity index (χ4v) is 3.26. The van der Waals surface area contributed by atoms with Crippen LogP contribution in [0.15, 0.2) is 24.3 Å². The van der Waals surface area contributed by atoms with Crippen LogP contribution in [0.5, 0.6) is 0 Å². The fraction of sp³-hybridized carbons (Fsp3) is 0.389. The number of para-hydroxylation sites is 1. The smallest absolute Gasteiger partial charge is 0.229 e. The van der Waals surface area contributed by atoms with Crippen LogP contribution >= 0.6 is 11.6 Å². The molecule has 1 fully saturated rings. The van der Waals surface area contributed by atoms with Crippen LogP contribution in [0.4, 0.5) is 5.69 Å². The first-order valence-corrected chi connectivity index (χ1v) is 8.68. The first kappa shape index (κ1) is 17.5. The second kappa shape index (κ2) is 7.27. The molecule has 1 aromatic heterocycles. The number of aromatic amines is 1. The van der Waals surface area contributed by atoms with Gasteiger partial charge < -0.3 is 10.2 Å². The highest BCUT2D eigenvalue weighted by atomic mass is 35.5. The molecule has 2 N–H and O–H groups in total. The van der Waals surface area contributed by atoms with Gasteiger partial charge in [-0.1, -0.05) is 23.7 Å². The number of hydrogen-bond donors (Lipinski definition) is 2. The van der Waals surface area contributed by atoms with E-state index in [1.54, 1.807) is 11.0 Å². The Morgan fingerprint density at radius 1 is 1.40 bits per heavy atom. The molecule has 1 unspecified atom stereocenters. The standard InChI is InChI=1S/C18H21ClN4O2/c1-11-12(2)21-22-15(11)7-8-17(24)20-13-9-18(25)23(10-13)16-6-4-3-5-14(16)19/h3-6,13H,7-10H2,1-2H3,(H,20,24)(H,21,22). The van der Waals surface area contributed by atoms with E-state index in [1.165, 1.54) is 0 Å². The fourth-order valence-electron chi connectivity index (χ4n) is 3.02. The van der Waals surface area contributed by atoms with Gasteiger partial charge >= 0.3 is 0 Å². The molecule has 25 heavy (non-hydrogen) atoms. The summed E-state index contributed by atoms with van der Waals surface area (Å²) in [6, 6.07) is 7.04. The lowest BCUT2D eigenvalue weighted by molar-refractivity contribution is -0.121. The van der Waals surface area contributed by atoms with Crippen LogP contribution in [-0.4, -0.2) is 34.6 Å². The lowest BCUT2D eigenvalue weighted by Gasteiger charge is -2.18. The van der Waals surface area contributed by atoms with Crippen molar-refractivity contribution in [2.75, 3.05) is 11.4 Å². The molecule has 7 heteroatoms. The summed E-state index contributed by atoms with van der Waals surface area (Å²) in [6.07, 6.45) is 1.22. The number of nitrogens with zero attached hydrogens (tertiary/aromatic N) is 2. The van der Waals surface area contributed by atoms with Gasteiger partial charge in [-0.25, -0.2) is 0 Å². The number of carbonyl (C=O) groups excluding carboxylic acids is 2. The first-order valence-electron chi connectivity index (χ1n) is 8.30. The maximum Gasteiger partial charge on any atom is 0.229 e. The number of aryl methyl sites for hydroxylation is 2. The number of aromatic nitrogens is 2. The number of anilines is 1. The minimum atomic E-state index is -0.196. The molecule has 1 saturated heterocycles. The van der Waals surface area contributed by atoms with Gasteiger partial charge in [0.1, 0.15) is 0 Å². The van der Waals surface area contributed by atoms with E-state index >= 15 is 0 Å². The van der Waals surface area contributed by atoms with Crippen LogP contribution in [0.1, 0.15) is 29.8 Å². The second-order valence-electron chi connectivity index (χ2n) is 6.34. The molecule has 0 radical (unpaired) electrons. The molecule has 2 aromatic rings. The van der Waals surface area contributed by atoms with Crippen molar-refractivity contribution < 1.29 is 9.59 Å². The van der Waals surface area contributed by atoms with Gasteiger partial charge in [0.05, 0.1) is 22.4 Å². The molecule has 0 spiro atoms. The minimum absolute atomic E-state index is 0.0304. The van der Waals surface area contributed by atoms with E-state index in [1.807, 2.05) is 32.0 Å². The Hall–Kier alpha value is -2.34. The number of benzene rings is 1. The van der Waals surface area contributed by atoms with Crippen molar-refractivity contribution in [3.05, 3.63) is 46.2 Å². The number of hydrogen-bond acceptors (Lipinski definition) is 3. The largest absolute Gasteiger partial charge is 0.351 e. The number of rotatable bonds is 5. The van der Waals surface area contributed by atoms with E-state index in [2.05, 4.69) is 15.5 Å². The molecule has 0 saturated carbocycles. The first-order chi connectivity index (χ1) is 12.0. The summed E-state index contributed by atoms with van der Waals surface area (Å²) in [7, 11) is 0. The van der Waals surface area contributed by atoms with Gasteiger partial charge in [0.2, 0.25) is 11.8 Å². The summed E-state index contributed by atoms with van der Waals surface area (Å²) in [5.41, 5.74) is 3.71. The zero-order valence-electron chi connectivity index (χ0n) is 14.3. The van der Waals surface area contributed by atoms with Gasteiger partial charge in [-0.3, -0.25) is 14.7 Å². The molecule has 1 atom stereocenters. The lowest BCUT2D eigenvalue weighted by atomic mass is 10.1. The predicted molar refractivity (Wildman–Crippen MR) is 96.7 cm³/mol. The molecular formula is C18H21ClN4O2. The lowest BCUT2D eigenvalue weighted by Crippen LogP contribution is -2.37. The topological polar surface area (TPSA) is 78.1 Å². The van der Waals surface area contributed by atoms with Crippen molar-refractivity contribution in [2.45, 2.75) is 39.2 Å². The summed E-state index contributed by atoms with van der Waals surface area (Å²) in [5, 5.41) is 10.6. The van der Waals surface area contributed by atoms with Crippen LogP contribution in [0.2, 0.25) is 5.02 Å². The molecule has 1 aliphatic rings. The van der Waals surface area contributed by atoms with Crippen molar-refractivity contribution in [3.8, 4) is 0 Å². The average Bonchev–Trinajstić information content (AvgIpc) is 3.09. The Balaban J connectivity index is 1.55. The number of nitrogens with one attached hydrogen (secondary N) is 2. The average molecular weight is 361 g/mol. The van der Waals surface area contributed by atoms with E-state index in [0.717, 1.165) is 17.0 Å². The maximum absolute atomic E-state index is 12.2. The Morgan fingerprint density at radius 3 is 2.84 bits per heavy atom. The van der Waals surface area contributed by atoms with Crippen molar-refractivity contribution in [3.63, 3.8) is 0 Å². The summed E-state index contributed by atoms with van der Waals surface area (Å²) in [6.45, 7) is 4.39. The molecule has 2 amide bonds. The van der Waals surface area contributed by atoms with Crippen LogP contribution in [0.25, 0.3) is 0 Å². The normalized spacial score (nSPS) is 17.2. The maximum atomic E-state index is 12.2. The highest BCUT2D eigenvalue weighted by Gasteiger charge is 2.32. The van der Waals surface area contributed by atoms with Crippen LogP contribution in [-0.2, 0) is 16.0 Å². The van der Waals surface area contributed by atoms with Gasteiger partial charge in [0.25, 0.3) is 0 Å². The van der Waals surface area contributed by atoms with E-state index in [-0.39, 0.29) is 24.3 Å². The molecule has 0 aliphatic carbocycles. The highest BCUT2D eigenvalue weighted by Crippen LogP contribution is 2.29. The van der Waals surface area contributed by atoms with Crippen molar-refractivity contribution >= 4 is 29.1 Å². The zero-order chi connectivity index (χ0) is 18.0. The third-order valence-corrected chi connectivity index (χ3v) is 4.90. The van der Waals surface area contributed by atoms with Crippen LogP contribution < -0.4 is 10.2 Å². The van der Waals surface area contributed by atoms with Crippen molar-refractivity contribution in [2.24, 2.45) is 0 Å². The van der Waals surface area contributed by atoms with Crippen LogP contribution in [0, 0.1) is 13.8 Å². The minimum Gasteiger partial charge on any atom is -0.351 e. The molecule has 3 rings (SSSR count). The highest BCUT2D eigenvalue weighted by molar-refractivity contribution is 6.33. The number of halogens is 1. The number of carbonyl (C=O) groups is 2. The predicted octanol–water partition coefficient (Wildman–Crippen LogP) is 2.53. The Bertz CT molecular complexity index is 802. The third kappa shape index (κ3) is 3.85. The monoisotopic (exact) mass is 360 g/mol. The number of H-pyrrole nitrogens is 1. The molecule has 132 valence electrons. The SMILES string of the molecule is Cc1[nH]nc(CCC(=O)NC2CC(=O)N(c3ccccc3Cl)C2)c1C. The van der Waals surface area contributed by atoms with E-state index in [9.17, 15) is 9.59 Å². The number of amides is 2. The van der Waals surface area contributed by atoms with Gasteiger partial charge in [-0.15, -0.1) is 0 Å².